The maximum Gasteiger partial charge on any atom is 0.259 e. The Labute approximate surface area is 95.7 Å². The molecule has 2 rings (SSSR count). The number of carbonyl (C=O) groups is 1. The molecule has 0 atom stereocenters. The molecule has 1 amide bonds. The van der Waals surface area contributed by atoms with Gasteiger partial charge in [0.15, 0.2) is 0 Å². The van der Waals surface area contributed by atoms with Gasteiger partial charge in [-0.05, 0) is 19.1 Å². The summed E-state index contributed by atoms with van der Waals surface area (Å²) in [5, 5.41) is 8.67. The molecular formula is C11H9F2N3O. The van der Waals surface area contributed by atoms with Gasteiger partial charge in [0.1, 0.15) is 11.6 Å². The SMILES string of the molecule is Cc1[nH]ncc1C(=O)Nc1cc(F)cc(F)c1. The Morgan fingerprint density at radius 3 is 2.47 bits per heavy atom. The highest BCUT2D eigenvalue weighted by Crippen LogP contribution is 2.14. The maximum absolute atomic E-state index is 12.9. The molecule has 0 aliphatic heterocycles. The molecule has 0 fully saturated rings. The van der Waals surface area contributed by atoms with Crippen molar-refractivity contribution in [2.75, 3.05) is 5.32 Å². The van der Waals surface area contributed by atoms with E-state index in [0.29, 0.717) is 11.3 Å². The third-order valence-corrected chi connectivity index (χ3v) is 2.19. The monoisotopic (exact) mass is 237 g/mol. The van der Waals surface area contributed by atoms with Crippen molar-refractivity contribution in [3.8, 4) is 0 Å². The van der Waals surface area contributed by atoms with Crippen LogP contribution >= 0.6 is 0 Å². The minimum absolute atomic E-state index is 0.0631. The van der Waals surface area contributed by atoms with Gasteiger partial charge in [-0.2, -0.15) is 5.10 Å². The molecule has 1 aromatic heterocycles. The summed E-state index contributed by atoms with van der Waals surface area (Å²) in [7, 11) is 0. The van der Waals surface area contributed by atoms with Gasteiger partial charge in [0.2, 0.25) is 0 Å². The fourth-order valence-electron chi connectivity index (χ4n) is 1.40. The Balaban J connectivity index is 2.21. The molecule has 0 saturated heterocycles. The topological polar surface area (TPSA) is 57.8 Å². The van der Waals surface area contributed by atoms with Crippen molar-refractivity contribution in [3.05, 3.63) is 47.3 Å². The normalized spacial score (nSPS) is 10.3. The van der Waals surface area contributed by atoms with Crippen LogP contribution in [0.2, 0.25) is 0 Å². The van der Waals surface area contributed by atoms with E-state index in [0.717, 1.165) is 18.2 Å². The van der Waals surface area contributed by atoms with Crippen LogP contribution in [0.4, 0.5) is 14.5 Å². The summed E-state index contributed by atoms with van der Waals surface area (Å²) < 4.78 is 25.8. The second-order valence-electron chi connectivity index (χ2n) is 3.52. The number of carbonyl (C=O) groups excluding carboxylic acids is 1. The summed E-state index contributed by atoms with van der Waals surface area (Å²) >= 11 is 0. The van der Waals surface area contributed by atoms with Crippen LogP contribution in [0.25, 0.3) is 0 Å². The van der Waals surface area contributed by atoms with Crippen molar-refractivity contribution in [2.24, 2.45) is 0 Å². The lowest BCUT2D eigenvalue weighted by molar-refractivity contribution is 0.102. The van der Waals surface area contributed by atoms with E-state index in [-0.39, 0.29) is 5.69 Å². The molecule has 0 unspecified atom stereocenters. The molecule has 0 spiro atoms. The van der Waals surface area contributed by atoms with Crippen molar-refractivity contribution in [1.82, 2.24) is 10.2 Å². The summed E-state index contributed by atoms with van der Waals surface area (Å²) in [6, 6.07) is 2.81. The zero-order valence-electron chi connectivity index (χ0n) is 8.92. The summed E-state index contributed by atoms with van der Waals surface area (Å²) in [5.41, 5.74) is 0.974. The Morgan fingerprint density at radius 2 is 1.94 bits per heavy atom. The lowest BCUT2D eigenvalue weighted by Gasteiger charge is -2.04. The summed E-state index contributed by atoms with van der Waals surface area (Å²) in [6.45, 7) is 1.67. The Bertz CT molecular complexity index is 545. The van der Waals surface area contributed by atoms with Gasteiger partial charge in [-0.1, -0.05) is 0 Å². The van der Waals surface area contributed by atoms with Crippen molar-refractivity contribution in [2.45, 2.75) is 6.92 Å². The molecule has 0 aliphatic carbocycles. The fraction of sp³-hybridized carbons (Fsp3) is 0.0909. The molecule has 2 aromatic rings. The first-order valence-electron chi connectivity index (χ1n) is 4.83. The largest absolute Gasteiger partial charge is 0.322 e. The summed E-state index contributed by atoms with van der Waals surface area (Å²) in [4.78, 5) is 11.7. The third-order valence-electron chi connectivity index (χ3n) is 2.19. The first-order chi connectivity index (χ1) is 8.06. The van der Waals surface area contributed by atoms with Crippen LogP contribution in [-0.2, 0) is 0 Å². The number of halogens is 2. The van der Waals surface area contributed by atoms with Gasteiger partial charge in [0.05, 0.1) is 11.8 Å². The first kappa shape index (κ1) is 11.3. The van der Waals surface area contributed by atoms with E-state index >= 15 is 0 Å². The number of nitrogens with one attached hydrogen (secondary N) is 2. The van der Waals surface area contributed by atoms with E-state index in [1.54, 1.807) is 6.92 Å². The Morgan fingerprint density at radius 1 is 1.29 bits per heavy atom. The molecule has 4 nitrogen and oxygen atoms in total. The van der Waals surface area contributed by atoms with Crippen LogP contribution < -0.4 is 5.32 Å². The second-order valence-corrected chi connectivity index (χ2v) is 3.52. The number of hydrogen-bond acceptors (Lipinski definition) is 2. The van der Waals surface area contributed by atoms with Crippen LogP contribution in [0.15, 0.2) is 24.4 Å². The second kappa shape index (κ2) is 4.32. The van der Waals surface area contributed by atoms with E-state index in [2.05, 4.69) is 15.5 Å². The van der Waals surface area contributed by atoms with E-state index in [1.807, 2.05) is 0 Å². The number of H-pyrrole nitrogens is 1. The van der Waals surface area contributed by atoms with Gasteiger partial charge in [0.25, 0.3) is 5.91 Å². The smallest absolute Gasteiger partial charge is 0.259 e. The number of rotatable bonds is 2. The van der Waals surface area contributed by atoms with Crippen molar-refractivity contribution >= 4 is 11.6 Å². The molecule has 0 bridgehead atoms. The number of anilines is 1. The minimum atomic E-state index is -0.746. The molecular weight excluding hydrogens is 228 g/mol. The summed E-state index contributed by atoms with van der Waals surface area (Å²) in [5.74, 6) is -1.96. The van der Waals surface area contributed by atoms with Gasteiger partial charge in [-0.3, -0.25) is 9.89 Å². The zero-order valence-corrected chi connectivity index (χ0v) is 8.92. The van der Waals surface area contributed by atoms with Gasteiger partial charge < -0.3 is 5.32 Å². The third kappa shape index (κ3) is 2.47. The van der Waals surface area contributed by atoms with Gasteiger partial charge in [-0.25, -0.2) is 8.78 Å². The van der Waals surface area contributed by atoms with Crippen LogP contribution in [0.1, 0.15) is 16.1 Å². The van der Waals surface area contributed by atoms with Crippen molar-refractivity contribution in [3.63, 3.8) is 0 Å². The average Bonchev–Trinajstić information content (AvgIpc) is 2.62. The van der Waals surface area contributed by atoms with Gasteiger partial charge >= 0.3 is 0 Å². The van der Waals surface area contributed by atoms with Crippen LogP contribution in [-0.4, -0.2) is 16.1 Å². The highest BCUT2D eigenvalue weighted by Gasteiger charge is 2.11. The average molecular weight is 237 g/mol. The van der Waals surface area contributed by atoms with Crippen LogP contribution in [0.3, 0.4) is 0 Å². The molecule has 0 aliphatic rings. The number of benzene rings is 1. The predicted octanol–water partition coefficient (Wildman–Crippen LogP) is 2.25. The van der Waals surface area contributed by atoms with Crippen LogP contribution in [0, 0.1) is 18.6 Å². The summed E-state index contributed by atoms with van der Waals surface area (Å²) in [6.07, 6.45) is 1.35. The Hall–Kier alpha value is -2.24. The van der Waals surface area contributed by atoms with E-state index in [1.165, 1.54) is 6.20 Å². The maximum atomic E-state index is 12.9. The molecule has 2 N–H and O–H groups in total. The Kier molecular flexibility index (Phi) is 2.86. The first-order valence-corrected chi connectivity index (χ1v) is 4.83. The van der Waals surface area contributed by atoms with Crippen molar-refractivity contribution < 1.29 is 13.6 Å². The van der Waals surface area contributed by atoms with Gasteiger partial charge in [0, 0.05) is 17.4 Å². The highest BCUT2D eigenvalue weighted by molar-refractivity contribution is 6.04. The number of aromatic amines is 1. The molecule has 1 heterocycles. The number of hydrogen-bond donors (Lipinski definition) is 2. The zero-order chi connectivity index (χ0) is 12.4. The molecule has 17 heavy (non-hydrogen) atoms. The fourth-order valence-corrected chi connectivity index (χ4v) is 1.40. The number of aromatic nitrogens is 2. The number of nitrogens with zero attached hydrogens (tertiary/aromatic N) is 1. The van der Waals surface area contributed by atoms with Gasteiger partial charge in [-0.15, -0.1) is 0 Å². The highest BCUT2D eigenvalue weighted by atomic mass is 19.1. The van der Waals surface area contributed by atoms with E-state index in [4.69, 9.17) is 0 Å². The molecule has 1 aromatic carbocycles. The standard InChI is InChI=1S/C11H9F2N3O/c1-6-10(5-14-16-6)11(17)15-9-3-7(12)2-8(13)4-9/h2-5H,1H3,(H,14,16)(H,15,17). The lowest BCUT2D eigenvalue weighted by Crippen LogP contribution is -2.12. The molecule has 88 valence electrons. The predicted molar refractivity (Wildman–Crippen MR) is 57.6 cm³/mol. The lowest BCUT2D eigenvalue weighted by atomic mass is 10.2. The quantitative estimate of drug-likeness (QED) is 0.841. The van der Waals surface area contributed by atoms with Crippen molar-refractivity contribution in [1.29, 1.82) is 0 Å². The molecule has 0 radical (unpaired) electrons. The van der Waals surface area contributed by atoms with E-state index in [9.17, 15) is 13.6 Å². The minimum Gasteiger partial charge on any atom is -0.322 e. The number of aryl methyl sites for hydroxylation is 1. The molecule has 6 heteroatoms. The number of amides is 1. The molecule has 0 saturated carbocycles. The van der Waals surface area contributed by atoms with Crippen LogP contribution in [0.5, 0.6) is 0 Å². The van der Waals surface area contributed by atoms with E-state index < -0.39 is 17.5 Å².